The highest BCUT2D eigenvalue weighted by Crippen LogP contribution is 2.45. The SMILES string of the molecule is CCCCCC/C=C\C=C/CCCCCCCC(=O)O[C@H](COC(=O)CCCCCCCCCC(C)C)COP(=O)(O)OCC(O)COP(=O)(O)OC[C@@H](COC(=O)CCCCCCCCCCCC(C)C)OC(=O)CCCCCCCCCCCCCCCCCCCCC(C)C. The van der Waals surface area contributed by atoms with Gasteiger partial charge < -0.3 is 33.8 Å². The highest BCUT2D eigenvalue weighted by atomic mass is 31.2. The second-order valence-electron chi connectivity index (χ2n) is 29.2. The van der Waals surface area contributed by atoms with Gasteiger partial charge in [-0.2, -0.15) is 0 Å². The van der Waals surface area contributed by atoms with E-state index < -0.39 is 97.5 Å². The van der Waals surface area contributed by atoms with Gasteiger partial charge in [0.15, 0.2) is 12.2 Å². The second kappa shape index (κ2) is 68.9. The molecule has 0 aromatic rings. The van der Waals surface area contributed by atoms with Gasteiger partial charge in [-0.05, 0) is 69.1 Å². The first-order valence-electron chi connectivity index (χ1n) is 40.2. The van der Waals surface area contributed by atoms with E-state index in [2.05, 4.69) is 72.8 Å². The van der Waals surface area contributed by atoms with Crippen LogP contribution in [0, 0.1) is 17.8 Å². The van der Waals surface area contributed by atoms with Crippen LogP contribution >= 0.6 is 15.6 Å². The first kappa shape index (κ1) is 95.5. The van der Waals surface area contributed by atoms with Gasteiger partial charge in [-0.25, -0.2) is 9.13 Å². The highest BCUT2D eigenvalue weighted by molar-refractivity contribution is 7.47. The molecule has 0 aliphatic heterocycles. The molecule has 17 nitrogen and oxygen atoms in total. The molecule has 0 saturated carbocycles. The van der Waals surface area contributed by atoms with E-state index in [1.807, 2.05) is 0 Å². The Balaban J connectivity index is 5.24. The van der Waals surface area contributed by atoms with Gasteiger partial charge in [0.1, 0.15) is 19.3 Å². The first-order valence-corrected chi connectivity index (χ1v) is 43.2. The lowest BCUT2D eigenvalue weighted by Crippen LogP contribution is -2.30. The summed E-state index contributed by atoms with van der Waals surface area (Å²) in [5.41, 5.74) is 0. The van der Waals surface area contributed by atoms with Gasteiger partial charge in [0, 0.05) is 25.7 Å². The Bertz CT molecular complexity index is 2000. The molecule has 0 fully saturated rings. The Morgan fingerprint density at radius 1 is 0.316 bits per heavy atom. The average molecular weight is 1430 g/mol. The number of hydrogen-bond acceptors (Lipinski definition) is 15. The van der Waals surface area contributed by atoms with Crippen LogP contribution in [0.1, 0.15) is 382 Å². The standard InChI is InChI=1S/C79H150O17P2/c1-8-9-10-11-12-13-14-15-20-24-27-32-40-48-55-62-79(84)96-75(67-90-77(82)61-54-47-42-35-38-45-52-59-72(6)7)69-94-98(87,88)92-65-73(80)64-91-97(85,86)93-68-74(66-89-76(81)60-53-46-39-34-29-31-37-44-51-58-71(4)5)95-78(83)63-56-49-41-33-28-25-22-19-17-16-18-21-23-26-30-36-43-50-57-70(2)3/h13-15,20,70-75,80H,8-12,16-19,21-69H2,1-7H3,(H,85,86)(H,87,88)/b14-13-,20-15-/t73?,74-,75-/m1/s1. The number of allylic oxidation sites excluding steroid dienone is 4. The van der Waals surface area contributed by atoms with Gasteiger partial charge in [0.25, 0.3) is 0 Å². The summed E-state index contributed by atoms with van der Waals surface area (Å²) < 4.78 is 68.5. The zero-order chi connectivity index (χ0) is 72.3. The van der Waals surface area contributed by atoms with E-state index in [1.165, 1.54) is 173 Å². The Morgan fingerprint density at radius 3 is 0.827 bits per heavy atom. The third-order valence-electron chi connectivity index (χ3n) is 17.8. The summed E-state index contributed by atoms with van der Waals surface area (Å²) in [7, 11) is -9.93. The summed E-state index contributed by atoms with van der Waals surface area (Å²) in [4.78, 5) is 72.9. The van der Waals surface area contributed by atoms with Crippen molar-refractivity contribution in [2.75, 3.05) is 39.6 Å². The number of aliphatic hydroxyl groups is 1. The van der Waals surface area contributed by atoms with Crippen molar-refractivity contribution in [3.63, 3.8) is 0 Å². The van der Waals surface area contributed by atoms with Crippen LogP contribution in [-0.4, -0.2) is 96.7 Å². The Labute approximate surface area is 599 Å². The molecule has 0 heterocycles. The maximum Gasteiger partial charge on any atom is 0.472 e. The minimum atomic E-state index is -4.96. The molecule has 0 bridgehead atoms. The Morgan fingerprint density at radius 2 is 0.551 bits per heavy atom. The predicted octanol–water partition coefficient (Wildman–Crippen LogP) is 22.9. The normalized spacial score (nSPS) is 14.2. The van der Waals surface area contributed by atoms with Gasteiger partial charge in [-0.1, -0.05) is 330 Å². The molecular formula is C79H150O17P2. The molecule has 578 valence electrons. The molecule has 98 heavy (non-hydrogen) atoms. The summed E-state index contributed by atoms with van der Waals surface area (Å²) in [5, 5.41) is 10.6. The lowest BCUT2D eigenvalue weighted by molar-refractivity contribution is -0.161. The summed E-state index contributed by atoms with van der Waals surface area (Å²) in [6.45, 7) is 11.8. The van der Waals surface area contributed by atoms with Crippen molar-refractivity contribution in [1.82, 2.24) is 0 Å². The molecule has 0 radical (unpaired) electrons. The Kier molecular flexibility index (Phi) is 67.2. The van der Waals surface area contributed by atoms with Gasteiger partial charge in [-0.3, -0.25) is 37.3 Å². The summed E-state index contributed by atoms with van der Waals surface area (Å²) in [6, 6.07) is 0. The van der Waals surface area contributed by atoms with Gasteiger partial charge in [-0.15, -0.1) is 0 Å². The number of ether oxygens (including phenoxy) is 4. The number of esters is 4. The molecule has 0 rings (SSSR count). The fourth-order valence-electron chi connectivity index (χ4n) is 11.6. The second-order valence-corrected chi connectivity index (χ2v) is 32.1. The maximum absolute atomic E-state index is 13.1. The molecule has 0 aromatic carbocycles. The first-order chi connectivity index (χ1) is 47.2. The number of phosphoric ester groups is 2. The van der Waals surface area contributed by atoms with Crippen molar-refractivity contribution >= 4 is 39.5 Å². The number of carbonyl (C=O) groups is 4. The predicted molar refractivity (Wildman–Crippen MR) is 400 cm³/mol. The third kappa shape index (κ3) is 71.9. The zero-order valence-electron chi connectivity index (χ0n) is 63.7. The monoisotopic (exact) mass is 1430 g/mol. The van der Waals surface area contributed by atoms with Crippen LogP contribution in [0.15, 0.2) is 24.3 Å². The molecule has 0 spiro atoms. The number of hydrogen-bond donors (Lipinski definition) is 3. The van der Waals surface area contributed by atoms with E-state index in [4.69, 9.17) is 37.0 Å². The van der Waals surface area contributed by atoms with Crippen LogP contribution in [0.25, 0.3) is 0 Å². The molecule has 19 heteroatoms. The van der Waals surface area contributed by atoms with E-state index >= 15 is 0 Å². The fraction of sp³-hybridized carbons (Fsp3) is 0.899. The molecule has 3 N–H and O–H groups in total. The van der Waals surface area contributed by atoms with Crippen LogP contribution in [-0.2, 0) is 65.4 Å². The van der Waals surface area contributed by atoms with Crippen LogP contribution in [0.3, 0.4) is 0 Å². The van der Waals surface area contributed by atoms with Crippen LogP contribution in [0.5, 0.6) is 0 Å². The van der Waals surface area contributed by atoms with Crippen molar-refractivity contribution in [2.45, 2.75) is 401 Å². The number of rotatable bonds is 75. The van der Waals surface area contributed by atoms with E-state index in [9.17, 15) is 43.2 Å². The smallest absolute Gasteiger partial charge is 0.462 e. The molecule has 0 amide bonds. The number of phosphoric acid groups is 2. The van der Waals surface area contributed by atoms with Gasteiger partial charge in [0.05, 0.1) is 26.4 Å². The minimum absolute atomic E-state index is 0.0840. The lowest BCUT2D eigenvalue weighted by Gasteiger charge is -2.21. The molecule has 0 aliphatic rings. The van der Waals surface area contributed by atoms with Crippen molar-refractivity contribution in [3.8, 4) is 0 Å². The van der Waals surface area contributed by atoms with Crippen molar-refractivity contribution in [3.05, 3.63) is 24.3 Å². The summed E-state index contributed by atoms with van der Waals surface area (Å²) >= 11 is 0. The number of carbonyl (C=O) groups excluding carboxylic acids is 4. The summed E-state index contributed by atoms with van der Waals surface area (Å²) in [5.74, 6) is 0.116. The number of aliphatic hydroxyl groups excluding tert-OH is 1. The van der Waals surface area contributed by atoms with Gasteiger partial charge >= 0.3 is 39.5 Å². The largest absolute Gasteiger partial charge is 0.472 e. The van der Waals surface area contributed by atoms with Crippen LogP contribution in [0.4, 0.5) is 0 Å². The van der Waals surface area contributed by atoms with Gasteiger partial charge in [0.2, 0.25) is 0 Å². The zero-order valence-corrected chi connectivity index (χ0v) is 65.5. The van der Waals surface area contributed by atoms with Crippen molar-refractivity contribution < 1.29 is 80.2 Å². The molecule has 5 atom stereocenters. The van der Waals surface area contributed by atoms with Crippen molar-refractivity contribution in [2.24, 2.45) is 17.8 Å². The highest BCUT2D eigenvalue weighted by Gasteiger charge is 2.30. The van der Waals surface area contributed by atoms with E-state index in [0.717, 1.165) is 121 Å². The Hall–Kier alpha value is -2.46. The molecular weight excluding hydrogens is 1280 g/mol. The molecule has 3 unspecified atom stereocenters. The lowest BCUT2D eigenvalue weighted by atomic mass is 10.0. The average Bonchev–Trinajstić information content (AvgIpc) is 0.934. The van der Waals surface area contributed by atoms with E-state index in [1.54, 1.807) is 0 Å². The number of unbranched alkanes of at least 4 members (excludes halogenated alkanes) is 40. The minimum Gasteiger partial charge on any atom is -0.462 e. The topological polar surface area (TPSA) is 237 Å². The van der Waals surface area contributed by atoms with Crippen LogP contribution in [0.2, 0.25) is 0 Å². The van der Waals surface area contributed by atoms with E-state index in [0.29, 0.717) is 31.6 Å². The van der Waals surface area contributed by atoms with Crippen LogP contribution < -0.4 is 0 Å². The molecule has 0 saturated heterocycles. The molecule has 0 aliphatic carbocycles. The fourth-order valence-corrected chi connectivity index (χ4v) is 13.2. The molecule has 0 aromatic heterocycles. The maximum atomic E-state index is 13.1. The van der Waals surface area contributed by atoms with E-state index in [-0.39, 0.29) is 25.7 Å². The van der Waals surface area contributed by atoms with Crippen molar-refractivity contribution in [1.29, 1.82) is 0 Å². The quantitative estimate of drug-likeness (QED) is 0.0169. The third-order valence-corrected chi connectivity index (χ3v) is 19.7. The summed E-state index contributed by atoms with van der Waals surface area (Å²) in [6.07, 6.45) is 59.3.